The second-order valence-electron chi connectivity index (χ2n) is 5.23. The molecule has 1 aliphatic rings. The molecule has 0 aromatic carbocycles. The molecule has 0 amide bonds. The van der Waals surface area contributed by atoms with Crippen molar-refractivity contribution >= 4 is 5.97 Å². The van der Waals surface area contributed by atoms with Gasteiger partial charge in [-0.2, -0.15) is 13.2 Å². The Morgan fingerprint density at radius 3 is 2.58 bits per heavy atom. The summed E-state index contributed by atoms with van der Waals surface area (Å²) in [5, 5.41) is 9.07. The van der Waals surface area contributed by atoms with E-state index in [9.17, 15) is 18.0 Å². The zero-order valence-corrected chi connectivity index (χ0v) is 11.1. The summed E-state index contributed by atoms with van der Waals surface area (Å²) in [5.74, 6) is -0.303. The topological polar surface area (TPSA) is 46.5 Å². The highest BCUT2D eigenvalue weighted by Crippen LogP contribution is 2.35. The van der Waals surface area contributed by atoms with Crippen LogP contribution in [0.15, 0.2) is 0 Å². The molecule has 1 fully saturated rings. The Kier molecular flexibility index (Phi) is 6.10. The van der Waals surface area contributed by atoms with Crippen LogP contribution in [-0.2, 0) is 9.53 Å². The third-order valence-corrected chi connectivity index (χ3v) is 3.59. The van der Waals surface area contributed by atoms with Crippen LogP contribution in [0.1, 0.15) is 45.4 Å². The Balaban J connectivity index is 2.35. The van der Waals surface area contributed by atoms with Gasteiger partial charge in [-0.25, -0.2) is 0 Å². The molecule has 1 rings (SSSR count). The van der Waals surface area contributed by atoms with Gasteiger partial charge in [0, 0.05) is 6.42 Å². The lowest BCUT2D eigenvalue weighted by molar-refractivity contribution is -0.209. The summed E-state index contributed by atoms with van der Waals surface area (Å²) in [6.45, 7) is 1.98. The molecule has 0 aromatic heterocycles. The van der Waals surface area contributed by atoms with Gasteiger partial charge in [-0.1, -0.05) is 19.8 Å². The zero-order chi connectivity index (χ0) is 14.5. The third-order valence-electron chi connectivity index (χ3n) is 3.59. The van der Waals surface area contributed by atoms with Crippen LogP contribution in [-0.4, -0.2) is 30.0 Å². The van der Waals surface area contributed by atoms with Crippen molar-refractivity contribution in [2.24, 2.45) is 11.8 Å². The molecule has 1 N–H and O–H groups in total. The van der Waals surface area contributed by atoms with Crippen molar-refractivity contribution in [3.05, 3.63) is 0 Å². The second kappa shape index (κ2) is 7.12. The number of aliphatic hydroxyl groups is 1. The molecule has 6 heteroatoms. The molecule has 0 spiro atoms. The molecular weight excluding hydrogens is 261 g/mol. The van der Waals surface area contributed by atoms with Crippen LogP contribution in [0.4, 0.5) is 13.2 Å². The molecule has 0 aliphatic heterocycles. The van der Waals surface area contributed by atoms with Crippen LogP contribution in [0.2, 0.25) is 0 Å². The molecule has 3 nitrogen and oxygen atoms in total. The first-order valence-electron chi connectivity index (χ1n) is 6.73. The Morgan fingerprint density at radius 2 is 2.00 bits per heavy atom. The number of esters is 1. The van der Waals surface area contributed by atoms with E-state index in [1.807, 2.05) is 0 Å². The van der Waals surface area contributed by atoms with Gasteiger partial charge in [-0.15, -0.1) is 0 Å². The predicted molar refractivity (Wildman–Crippen MR) is 63.4 cm³/mol. The van der Waals surface area contributed by atoms with Crippen molar-refractivity contribution < 1.29 is 27.8 Å². The van der Waals surface area contributed by atoms with Crippen molar-refractivity contribution in [2.45, 2.75) is 57.7 Å². The summed E-state index contributed by atoms with van der Waals surface area (Å²) < 4.78 is 41.9. The number of ether oxygens (including phenoxy) is 1. The summed E-state index contributed by atoms with van der Waals surface area (Å²) in [6.07, 6.45) is -3.74. The van der Waals surface area contributed by atoms with Crippen molar-refractivity contribution in [3.8, 4) is 0 Å². The second-order valence-corrected chi connectivity index (χ2v) is 5.23. The maximum atomic E-state index is 12.3. The van der Waals surface area contributed by atoms with E-state index in [4.69, 9.17) is 9.84 Å². The normalized spacial score (nSPS) is 25.9. The van der Waals surface area contributed by atoms with Crippen LogP contribution in [0.25, 0.3) is 0 Å². The number of halogens is 3. The quantitative estimate of drug-likeness (QED) is 0.788. The Morgan fingerprint density at radius 1 is 1.37 bits per heavy atom. The average molecular weight is 282 g/mol. The molecule has 0 aromatic rings. The SMILES string of the molecule is CCC(=O)OCC1CCCC(CC(O)C(F)(F)F)C1. The molecule has 3 unspecified atom stereocenters. The highest BCUT2D eigenvalue weighted by Gasteiger charge is 2.40. The van der Waals surface area contributed by atoms with Crippen LogP contribution >= 0.6 is 0 Å². The van der Waals surface area contributed by atoms with Crippen LogP contribution < -0.4 is 0 Å². The number of carbonyl (C=O) groups excluding carboxylic acids is 1. The first kappa shape index (κ1) is 16.3. The Bertz CT molecular complexity index is 291. The molecule has 19 heavy (non-hydrogen) atoms. The highest BCUT2D eigenvalue weighted by atomic mass is 19.4. The van der Waals surface area contributed by atoms with Gasteiger partial charge >= 0.3 is 12.1 Å². The van der Waals surface area contributed by atoms with Gasteiger partial charge in [0.15, 0.2) is 0 Å². The molecular formula is C13H21F3O3. The fourth-order valence-electron chi connectivity index (χ4n) is 2.53. The fourth-order valence-corrected chi connectivity index (χ4v) is 2.53. The van der Waals surface area contributed by atoms with Crippen molar-refractivity contribution in [1.29, 1.82) is 0 Å². The molecule has 1 saturated carbocycles. The van der Waals surface area contributed by atoms with Crippen LogP contribution in [0.3, 0.4) is 0 Å². The number of aliphatic hydroxyl groups excluding tert-OH is 1. The average Bonchev–Trinajstić information content (AvgIpc) is 2.35. The number of hydrogen-bond donors (Lipinski definition) is 1. The van der Waals surface area contributed by atoms with E-state index in [1.54, 1.807) is 6.92 Å². The van der Waals surface area contributed by atoms with Gasteiger partial charge in [0.25, 0.3) is 0 Å². The van der Waals surface area contributed by atoms with Gasteiger partial charge in [-0.3, -0.25) is 4.79 Å². The standard InChI is InChI=1S/C13H21F3O3/c1-2-12(18)19-8-10-5-3-4-9(6-10)7-11(17)13(14,15)16/h9-11,17H,2-8H2,1H3. The number of rotatable bonds is 5. The number of hydrogen-bond acceptors (Lipinski definition) is 3. The predicted octanol–water partition coefficient (Wildman–Crippen LogP) is 3.06. The van der Waals surface area contributed by atoms with Gasteiger partial charge < -0.3 is 9.84 Å². The molecule has 112 valence electrons. The van der Waals surface area contributed by atoms with Crippen molar-refractivity contribution in [2.75, 3.05) is 6.61 Å². The summed E-state index contributed by atoms with van der Waals surface area (Å²) in [7, 11) is 0. The third kappa shape index (κ3) is 5.80. The first-order chi connectivity index (χ1) is 8.82. The summed E-state index contributed by atoms with van der Waals surface area (Å²) in [6, 6.07) is 0. The van der Waals surface area contributed by atoms with Crippen LogP contribution in [0.5, 0.6) is 0 Å². The van der Waals surface area contributed by atoms with Gasteiger partial charge in [0.2, 0.25) is 0 Å². The Labute approximate surface area is 111 Å². The summed E-state index contributed by atoms with van der Waals surface area (Å²) in [5.41, 5.74) is 0. The minimum atomic E-state index is -4.54. The van der Waals surface area contributed by atoms with E-state index in [0.717, 1.165) is 12.8 Å². The van der Waals surface area contributed by atoms with Crippen molar-refractivity contribution in [3.63, 3.8) is 0 Å². The molecule has 3 atom stereocenters. The summed E-state index contributed by atoms with van der Waals surface area (Å²) in [4.78, 5) is 11.0. The number of carbonyl (C=O) groups is 1. The van der Waals surface area contributed by atoms with Crippen LogP contribution in [0, 0.1) is 11.8 Å². The highest BCUT2D eigenvalue weighted by molar-refractivity contribution is 5.68. The monoisotopic (exact) mass is 282 g/mol. The smallest absolute Gasteiger partial charge is 0.414 e. The van der Waals surface area contributed by atoms with E-state index >= 15 is 0 Å². The maximum absolute atomic E-state index is 12.3. The number of alkyl halides is 3. The van der Waals surface area contributed by atoms with Gasteiger partial charge in [0.1, 0.15) is 6.10 Å². The lowest BCUT2D eigenvalue weighted by Gasteiger charge is -2.30. The Hall–Kier alpha value is -0.780. The molecule has 0 bridgehead atoms. The first-order valence-corrected chi connectivity index (χ1v) is 6.73. The van der Waals surface area contributed by atoms with Crippen molar-refractivity contribution in [1.82, 2.24) is 0 Å². The minimum absolute atomic E-state index is 0.120. The van der Waals surface area contributed by atoms with Gasteiger partial charge in [-0.05, 0) is 31.1 Å². The molecule has 0 saturated heterocycles. The summed E-state index contributed by atoms with van der Waals surface area (Å²) >= 11 is 0. The molecule has 1 aliphatic carbocycles. The minimum Gasteiger partial charge on any atom is -0.465 e. The largest absolute Gasteiger partial charge is 0.465 e. The lowest BCUT2D eigenvalue weighted by atomic mass is 9.79. The van der Waals surface area contributed by atoms with E-state index in [1.165, 1.54) is 0 Å². The fraction of sp³-hybridized carbons (Fsp3) is 0.923. The lowest BCUT2D eigenvalue weighted by Crippen LogP contribution is -2.32. The van der Waals surface area contributed by atoms with Gasteiger partial charge in [0.05, 0.1) is 6.61 Å². The van der Waals surface area contributed by atoms with E-state index in [-0.39, 0.29) is 30.8 Å². The van der Waals surface area contributed by atoms with E-state index < -0.39 is 12.3 Å². The van der Waals surface area contributed by atoms with E-state index in [0.29, 0.717) is 19.3 Å². The van der Waals surface area contributed by atoms with E-state index in [2.05, 4.69) is 0 Å². The molecule has 0 heterocycles. The maximum Gasteiger partial charge on any atom is 0.414 e. The molecule has 0 radical (unpaired) electrons. The zero-order valence-electron chi connectivity index (χ0n) is 11.1.